The van der Waals surface area contributed by atoms with Gasteiger partial charge < -0.3 is 5.11 Å². The minimum absolute atomic E-state index is 0.0906. The van der Waals surface area contributed by atoms with Crippen LogP contribution in [0.15, 0.2) is 24.4 Å². The molecule has 22 heavy (non-hydrogen) atoms. The first-order valence-corrected chi connectivity index (χ1v) is 7.74. The molecule has 1 aromatic carbocycles. The van der Waals surface area contributed by atoms with E-state index in [0.717, 1.165) is 30.8 Å². The highest BCUT2D eigenvalue weighted by atomic mass is 19.1. The standard InChI is InChI=1S/C17H22FN3O/c1-12-15(11-21(19-12)7-8-22)10-20-6-5-14-3-4-16(18)9-17(14)13(20)2/h3-4,9,11,13,22H,5-8,10H2,1-2H3. The van der Waals surface area contributed by atoms with Gasteiger partial charge in [-0.15, -0.1) is 0 Å². The van der Waals surface area contributed by atoms with Crippen molar-refractivity contribution in [3.05, 3.63) is 52.6 Å². The van der Waals surface area contributed by atoms with Crippen LogP contribution in [0.3, 0.4) is 0 Å². The van der Waals surface area contributed by atoms with Gasteiger partial charge in [-0.25, -0.2) is 4.39 Å². The van der Waals surface area contributed by atoms with E-state index in [1.54, 1.807) is 16.8 Å². The van der Waals surface area contributed by atoms with Gasteiger partial charge in [0.1, 0.15) is 5.82 Å². The highest BCUT2D eigenvalue weighted by Crippen LogP contribution is 2.31. The summed E-state index contributed by atoms with van der Waals surface area (Å²) >= 11 is 0. The maximum absolute atomic E-state index is 13.5. The van der Waals surface area contributed by atoms with Crippen LogP contribution in [0.4, 0.5) is 4.39 Å². The number of benzene rings is 1. The van der Waals surface area contributed by atoms with Gasteiger partial charge in [0.25, 0.3) is 0 Å². The molecule has 0 bridgehead atoms. The Morgan fingerprint density at radius 3 is 3.00 bits per heavy atom. The number of rotatable bonds is 4. The van der Waals surface area contributed by atoms with Gasteiger partial charge in [-0.05, 0) is 43.5 Å². The monoisotopic (exact) mass is 303 g/mol. The molecule has 0 radical (unpaired) electrons. The summed E-state index contributed by atoms with van der Waals surface area (Å²) in [4.78, 5) is 2.36. The first-order valence-electron chi connectivity index (χ1n) is 7.74. The van der Waals surface area contributed by atoms with E-state index in [1.807, 2.05) is 19.2 Å². The second-order valence-electron chi connectivity index (χ2n) is 5.97. The zero-order chi connectivity index (χ0) is 15.7. The Labute approximate surface area is 130 Å². The lowest BCUT2D eigenvalue weighted by molar-refractivity contribution is 0.189. The molecule has 1 N–H and O–H groups in total. The zero-order valence-corrected chi connectivity index (χ0v) is 13.1. The molecule has 0 spiro atoms. The van der Waals surface area contributed by atoms with Crippen molar-refractivity contribution in [1.29, 1.82) is 0 Å². The predicted molar refractivity (Wildman–Crippen MR) is 83.0 cm³/mol. The third kappa shape index (κ3) is 2.91. The van der Waals surface area contributed by atoms with E-state index in [1.165, 1.54) is 11.1 Å². The van der Waals surface area contributed by atoms with Crippen molar-refractivity contribution in [3.63, 3.8) is 0 Å². The van der Waals surface area contributed by atoms with E-state index in [4.69, 9.17) is 5.11 Å². The summed E-state index contributed by atoms with van der Waals surface area (Å²) in [5.41, 5.74) is 4.50. The fraction of sp³-hybridized carbons (Fsp3) is 0.471. The quantitative estimate of drug-likeness (QED) is 0.943. The van der Waals surface area contributed by atoms with Gasteiger partial charge in [0.05, 0.1) is 18.8 Å². The van der Waals surface area contributed by atoms with Crippen LogP contribution in [-0.4, -0.2) is 32.9 Å². The number of aromatic nitrogens is 2. The summed E-state index contributed by atoms with van der Waals surface area (Å²) in [5.74, 6) is -0.167. The second-order valence-corrected chi connectivity index (χ2v) is 5.97. The molecule has 118 valence electrons. The molecule has 0 saturated carbocycles. The molecule has 0 amide bonds. The van der Waals surface area contributed by atoms with Gasteiger partial charge in [0, 0.05) is 30.9 Å². The van der Waals surface area contributed by atoms with Crippen LogP contribution in [0.1, 0.15) is 35.3 Å². The number of aliphatic hydroxyl groups excluding tert-OH is 1. The average molecular weight is 303 g/mol. The van der Waals surface area contributed by atoms with Crippen molar-refractivity contribution < 1.29 is 9.50 Å². The minimum atomic E-state index is -0.167. The third-order valence-corrected chi connectivity index (χ3v) is 4.52. The molecule has 1 aliphatic heterocycles. The van der Waals surface area contributed by atoms with Gasteiger partial charge in [0.2, 0.25) is 0 Å². The molecule has 5 heteroatoms. The number of aryl methyl sites for hydroxylation is 1. The minimum Gasteiger partial charge on any atom is -0.394 e. The highest BCUT2D eigenvalue weighted by molar-refractivity contribution is 5.33. The van der Waals surface area contributed by atoms with Crippen LogP contribution >= 0.6 is 0 Å². The Balaban J connectivity index is 1.79. The van der Waals surface area contributed by atoms with E-state index in [2.05, 4.69) is 16.9 Å². The van der Waals surface area contributed by atoms with Crippen molar-refractivity contribution in [1.82, 2.24) is 14.7 Å². The molecule has 4 nitrogen and oxygen atoms in total. The normalized spacial score (nSPS) is 18.5. The topological polar surface area (TPSA) is 41.3 Å². The van der Waals surface area contributed by atoms with Gasteiger partial charge in [-0.2, -0.15) is 5.10 Å². The van der Waals surface area contributed by atoms with Crippen molar-refractivity contribution in [2.24, 2.45) is 0 Å². The molecular formula is C17H22FN3O. The maximum atomic E-state index is 13.5. The fourth-order valence-electron chi connectivity index (χ4n) is 3.20. The summed E-state index contributed by atoms with van der Waals surface area (Å²) in [6.45, 7) is 6.49. The molecule has 1 aromatic heterocycles. The van der Waals surface area contributed by atoms with Crippen LogP contribution in [0, 0.1) is 12.7 Å². The van der Waals surface area contributed by atoms with Crippen LogP contribution in [0.2, 0.25) is 0 Å². The molecule has 2 aromatic rings. The first-order chi connectivity index (χ1) is 10.6. The lowest BCUT2D eigenvalue weighted by Crippen LogP contribution is -2.33. The Morgan fingerprint density at radius 1 is 1.41 bits per heavy atom. The molecular weight excluding hydrogens is 281 g/mol. The average Bonchev–Trinajstić information content (AvgIpc) is 2.83. The Morgan fingerprint density at radius 2 is 2.23 bits per heavy atom. The van der Waals surface area contributed by atoms with Crippen molar-refractivity contribution in [3.8, 4) is 0 Å². The summed E-state index contributed by atoms with van der Waals surface area (Å²) < 4.78 is 15.3. The highest BCUT2D eigenvalue weighted by Gasteiger charge is 2.25. The van der Waals surface area contributed by atoms with E-state index < -0.39 is 0 Å². The summed E-state index contributed by atoms with van der Waals surface area (Å²) in [6, 6.07) is 5.31. The van der Waals surface area contributed by atoms with Crippen LogP contribution in [0.5, 0.6) is 0 Å². The van der Waals surface area contributed by atoms with Crippen molar-refractivity contribution >= 4 is 0 Å². The second kappa shape index (κ2) is 6.18. The molecule has 1 aliphatic rings. The largest absolute Gasteiger partial charge is 0.394 e. The van der Waals surface area contributed by atoms with E-state index >= 15 is 0 Å². The van der Waals surface area contributed by atoms with Gasteiger partial charge in [-0.1, -0.05) is 6.07 Å². The Kier molecular flexibility index (Phi) is 4.27. The van der Waals surface area contributed by atoms with E-state index in [9.17, 15) is 4.39 Å². The smallest absolute Gasteiger partial charge is 0.123 e. The van der Waals surface area contributed by atoms with Crippen LogP contribution in [0.25, 0.3) is 0 Å². The predicted octanol–water partition coefficient (Wildman–Crippen LogP) is 2.44. The summed E-state index contributed by atoms with van der Waals surface area (Å²) in [7, 11) is 0. The van der Waals surface area contributed by atoms with Gasteiger partial charge >= 0.3 is 0 Å². The number of nitrogens with zero attached hydrogens (tertiary/aromatic N) is 3. The Bertz CT molecular complexity index is 668. The number of halogens is 1. The van der Waals surface area contributed by atoms with Gasteiger partial charge in [0.15, 0.2) is 0 Å². The first kappa shape index (κ1) is 15.2. The fourth-order valence-corrected chi connectivity index (χ4v) is 3.20. The SMILES string of the molecule is Cc1nn(CCO)cc1CN1CCc2ccc(F)cc2C1C. The third-order valence-electron chi connectivity index (χ3n) is 4.52. The number of fused-ring (bicyclic) bond motifs is 1. The molecule has 2 heterocycles. The van der Waals surface area contributed by atoms with Crippen LogP contribution in [-0.2, 0) is 19.5 Å². The lowest BCUT2D eigenvalue weighted by atomic mass is 9.93. The maximum Gasteiger partial charge on any atom is 0.123 e. The number of hydrogen-bond donors (Lipinski definition) is 1. The molecule has 0 aliphatic carbocycles. The van der Waals surface area contributed by atoms with Crippen LogP contribution < -0.4 is 0 Å². The summed E-state index contributed by atoms with van der Waals surface area (Å²) in [6.07, 6.45) is 2.95. The van der Waals surface area contributed by atoms with Crippen molar-refractivity contribution in [2.45, 2.75) is 39.4 Å². The lowest BCUT2D eigenvalue weighted by Gasteiger charge is -2.35. The molecule has 1 atom stereocenters. The van der Waals surface area contributed by atoms with Crippen molar-refractivity contribution in [2.75, 3.05) is 13.2 Å². The molecule has 0 saturated heterocycles. The number of aliphatic hydroxyl groups is 1. The molecule has 0 fully saturated rings. The zero-order valence-electron chi connectivity index (χ0n) is 13.1. The number of hydrogen-bond acceptors (Lipinski definition) is 3. The van der Waals surface area contributed by atoms with E-state index in [0.29, 0.717) is 6.54 Å². The Hall–Kier alpha value is -1.72. The van der Waals surface area contributed by atoms with Gasteiger partial charge in [-0.3, -0.25) is 9.58 Å². The van der Waals surface area contributed by atoms with E-state index in [-0.39, 0.29) is 18.5 Å². The molecule has 1 unspecified atom stereocenters. The molecule has 3 rings (SSSR count). The summed E-state index contributed by atoms with van der Waals surface area (Å²) in [5, 5.41) is 13.4.